The molecule has 1 unspecified atom stereocenters. The standard InChI is InChI=1S/C13H19ClN2O3S/c1-16(11(8-15)9-3-4-9)20(17,18)13-6-5-10(14)7-12(13)19-2/h5-7,9,11H,3-4,8,15H2,1-2H3. The van der Waals surface area contributed by atoms with Crippen molar-refractivity contribution in [3.8, 4) is 5.75 Å². The van der Waals surface area contributed by atoms with Crippen molar-refractivity contribution in [2.75, 3.05) is 20.7 Å². The molecule has 1 aromatic rings. The summed E-state index contributed by atoms with van der Waals surface area (Å²) >= 11 is 5.87. The monoisotopic (exact) mass is 318 g/mol. The van der Waals surface area contributed by atoms with Crippen LogP contribution in [0.2, 0.25) is 5.02 Å². The van der Waals surface area contributed by atoms with Gasteiger partial charge in [-0.3, -0.25) is 0 Å². The number of nitrogens with two attached hydrogens (primary N) is 1. The summed E-state index contributed by atoms with van der Waals surface area (Å²) in [5.74, 6) is 0.606. The highest BCUT2D eigenvalue weighted by molar-refractivity contribution is 7.89. The highest BCUT2D eigenvalue weighted by Gasteiger charge is 2.39. The van der Waals surface area contributed by atoms with Gasteiger partial charge in [-0.1, -0.05) is 11.6 Å². The van der Waals surface area contributed by atoms with E-state index in [-0.39, 0.29) is 16.7 Å². The van der Waals surface area contributed by atoms with Gasteiger partial charge in [-0.25, -0.2) is 8.42 Å². The second-order valence-electron chi connectivity index (χ2n) is 4.96. The minimum absolute atomic E-state index is 0.117. The summed E-state index contributed by atoms with van der Waals surface area (Å²) in [6.07, 6.45) is 2.05. The normalized spacial score (nSPS) is 17.2. The average Bonchev–Trinajstić information content (AvgIpc) is 3.23. The lowest BCUT2D eigenvalue weighted by molar-refractivity contribution is 0.337. The fraction of sp³-hybridized carbons (Fsp3) is 0.538. The molecule has 5 nitrogen and oxygen atoms in total. The molecule has 0 heterocycles. The minimum Gasteiger partial charge on any atom is -0.495 e. The Morgan fingerprint density at radius 2 is 2.15 bits per heavy atom. The Bertz CT molecular complexity index is 587. The molecule has 1 aromatic carbocycles. The number of ether oxygens (including phenoxy) is 1. The molecule has 0 aromatic heterocycles. The van der Waals surface area contributed by atoms with Gasteiger partial charge in [0.25, 0.3) is 0 Å². The van der Waals surface area contributed by atoms with Crippen LogP contribution in [0, 0.1) is 5.92 Å². The lowest BCUT2D eigenvalue weighted by Crippen LogP contribution is -2.43. The van der Waals surface area contributed by atoms with Crippen molar-refractivity contribution in [3.05, 3.63) is 23.2 Å². The van der Waals surface area contributed by atoms with Crippen LogP contribution >= 0.6 is 11.6 Å². The Morgan fingerprint density at radius 3 is 2.65 bits per heavy atom. The SMILES string of the molecule is COc1cc(Cl)ccc1S(=O)(=O)N(C)C(CN)C1CC1. The molecule has 2 N–H and O–H groups in total. The molecule has 0 saturated heterocycles. The van der Waals surface area contributed by atoms with Crippen LogP contribution in [-0.4, -0.2) is 39.5 Å². The third-order valence-corrected chi connectivity index (χ3v) is 5.81. The number of sulfonamides is 1. The maximum Gasteiger partial charge on any atom is 0.246 e. The van der Waals surface area contributed by atoms with Crippen molar-refractivity contribution in [3.63, 3.8) is 0 Å². The maximum absolute atomic E-state index is 12.7. The van der Waals surface area contributed by atoms with Crippen molar-refractivity contribution in [1.29, 1.82) is 0 Å². The molecule has 0 amide bonds. The Kier molecular flexibility index (Phi) is 4.59. The summed E-state index contributed by atoms with van der Waals surface area (Å²) in [6, 6.07) is 4.34. The Balaban J connectivity index is 2.38. The van der Waals surface area contributed by atoms with Crippen molar-refractivity contribution in [2.24, 2.45) is 11.7 Å². The summed E-state index contributed by atoms with van der Waals surface area (Å²) in [4.78, 5) is 0.117. The van der Waals surface area contributed by atoms with Crippen molar-refractivity contribution >= 4 is 21.6 Å². The molecular formula is C13H19ClN2O3S. The minimum atomic E-state index is -3.65. The van der Waals surface area contributed by atoms with Crippen LogP contribution in [0.15, 0.2) is 23.1 Å². The van der Waals surface area contributed by atoms with Crippen molar-refractivity contribution < 1.29 is 13.2 Å². The van der Waals surface area contributed by atoms with Crippen LogP contribution in [-0.2, 0) is 10.0 Å². The van der Waals surface area contributed by atoms with Gasteiger partial charge in [0.05, 0.1) is 7.11 Å². The van der Waals surface area contributed by atoms with E-state index in [0.29, 0.717) is 17.5 Å². The Morgan fingerprint density at radius 1 is 1.50 bits per heavy atom. The van der Waals surface area contributed by atoms with Gasteiger partial charge in [0, 0.05) is 30.7 Å². The van der Waals surface area contributed by atoms with Gasteiger partial charge in [0.2, 0.25) is 10.0 Å². The third kappa shape index (κ3) is 2.93. The number of halogens is 1. The zero-order valence-electron chi connectivity index (χ0n) is 11.5. The number of hydrogen-bond acceptors (Lipinski definition) is 4. The van der Waals surface area contributed by atoms with Gasteiger partial charge in [0.1, 0.15) is 10.6 Å². The van der Waals surface area contributed by atoms with Crippen LogP contribution in [0.1, 0.15) is 12.8 Å². The largest absolute Gasteiger partial charge is 0.495 e. The highest BCUT2D eigenvalue weighted by Crippen LogP contribution is 2.37. The predicted molar refractivity (Wildman–Crippen MR) is 78.5 cm³/mol. The summed E-state index contributed by atoms with van der Waals surface area (Å²) in [5, 5.41) is 0.432. The first-order valence-electron chi connectivity index (χ1n) is 6.43. The topological polar surface area (TPSA) is 72.6 Å². The van der Waals surface area contributed by atoms with Crippen molar-refractivity contribution in [1.82, 2.24) is 4.31 Å². The van der Waals surface area contributed by atoms with Crippen LogP contribution in [0.5, 0.6) is 5.75 Å². The lowest BCUT2D eigenvalue weighted by Gasteiger charge is -2.27. The summed E-state index contributed by atoms with van der Waals surface area (Å²) < 4.78 is 31.9. The molecule has 1 atom stereocenters. The first-order valence-corrected chi connectivity index (χ1v) is 8.25. The van der Waals surface area contributed by atoms with Crippen LogP contribution < -0.4 is 10.5 Å². The first-order chi connectivity index (χ1) is 9.41. The molecule has 112 valence electrons. The molecular weight excluding hydrogens is 300 g/mol. The molecule has 0 bridgehead atoms. The van der Waals surface area contributed by atoms with Gasteiger partial charge < -0.3 is 10.5 Å². The van der Waals surface area contributed by atoms with Crippen LogP contribution in [0.3, 0.4) is 0 Å². The van der Waals surface area contributed by atoms with Gasteiger partial charge in [0.15, 0.2) is 0 Å². The first kappa shape index (κ1) is 15.6. The summed E-state index contributed by atoms with van der Waals surface area (Å²) in [7, 11) is -0.654. The van der Waals surface area contributed by atoms with Gasteiger partial charge in [-0.05, 0) is 30.9 Å². The zero-order valence-corrected chi connectivity index (χ0v) is 13.1. The number of benzene rings is 1. The summed E-state index contributed by atoms with van der Waals surface area (Å²) in [5.41, 5.74) is 5.73. The Hall–Kier alpha value is -0.820. The molecule has 7 heteroatoms. The number of methoxy groups -OCH3 is 1. The fourth-order valence-corrected chi connectivity index (χ4v) is 4.03. The fourth-order valence-electron chi connectivity index (χ4n) is 2.31. The van der Waals surface area contributed by atoms with E-state index in [0.717, 1.165) is 12.8 Å². The number of likely N-dealkylation sites (N-methyl/N-ethyl adjacent to an activating group) is 1. The second kappa shape index (κ2) is 5.89. The van der Waals surface area contributed by atoms with Crippen molar-refractivity contribution in [2.45, 2.75) is 23.8 Å². The molecule has 1 aliphatic carbocycles. The van der Waals surface area contributed by atoms with E-state index in [1.807, 2.05) is 0 Å². The molecule has 0 aliphatic heterocycles. The van der Waals surface area contributed by atoms with Gasteiger partial charge >= 0.3 is 0 Å². The quantitative estimate of drug-likeness (QED) is 0.866. The van der Waals surface area contributed by atoms with Crippen LogP contribution in [0.25, 0.3) is 0 Å². The second-order valence-corrected chi connectivity index (χ2v) is 7.36. The molecule has 1 saturated carbocycles. The third-order valence-electron chi connectivity index (χ3n) is 3.66. The maximum atomic E-state index is 12.7. The molecule has 1 aliphatic rings. The van der Waals surface area contributed by atoms with E-state index in [4.69, 9.17) is 22.1 Å². The lowest BCUT2D eigenvalue weighted by atomic mass is 10.2. The highest BCUT2D eigenvalue weighted by atomic mass is 35.5. The Labute approximate surface area is 124 Å². The van der Waals surface area contributed by atoms with E-state index in [9.17, 15) is 8.42 Å². The van der Waals surface area contributed by atoms with E-state index < -0.39 is 10.0 Å². The molecule has 20 heavy (non-hydrogen) atoms. The summed E-state index contributed by atoms with van der Waals surface area (Å²) in [6.45, 7) is 0.316. The molecule has 2 rings (SSSR count). The van der Waals surface area contributed by atoms with E-state index in [2.05, 4.69) is 0 Å². The average molecular weight is 319 g/mol. The van der Waals surface area contributed by atoms with Crippen LogP contribution in [0.4, 0.5) is 0 Å². The number of hydrogen-bond donors (Lipinski definition) is 1. The van der Waals surface area contributed by atoms with Gasteiger partial charge in [-0.2, -0.15) is 4.31 Å². The number of rotatable bonds is 6. The zero-order chi connectivity index (χ0) is 14.9. The number of nitrogens with zero attached hydrogens (tertiary/aromatic N) is 1. The van der Waals surface area contributed by atoms with E-state index in [1.165, 1.54) is 23.5 Å². The van der Waals surface area contributed by atoms with Gasteiger partial charge in [-0.15, -0.1) is 0 Å². The van der Waals surface area contributed by atoms with E-state index >= 15 is 0 Å². The smallest absolute Gasteiger partial charge is 0.246 e. The predicted octanol–water partition coefficient (Wildman–Crippen LogP) is 1.71. The molecule has 0 spiro atoms. The molecule has 0 radical (unpaired) electrons. The van der Waals surface area contributed by atoms with E-state index in [1.54, 1.807) is 13.1 Å². The molecule has 1 fully saturated rings.